The van der Waals surface area contributed by atoms with Crippen LogP contribution < -0.4 is 5.56 Å². The maximum Gasteiger partial charge on any atom is 0.278 e. The van der Waals surface area contributed by atoms with Gasteiger partial charge in [0.2, 0.25) is 0 Å². The molecule has 4 nitrogen and oxygen atoms in total. The summed E-state index contributed by atoms with van der Waals surface area (Å²) in [7, 11) is 0. The van der Waals surface area contributed by atoms with E-state index in [1.807, 2.05) is 44.4 Å². The van der Waals surface area contributed by atoms with Gasteiger partial charge in [0.05, 0.1) is 11.4 Å². The molecule has 0 saturated heterocycles. The Kier molecular flexibility index (Phi) is 4.95. The summed E-state index contributed by atoms with van der Waals surface area (Å²) in [5, 5.41) is 0.524. The Morgan fingerprint density at radius 2 is 1.75 bits per heavy atom. The molecule has 8 heteroatoms. The summed E-state index contributed by atoms with van der Waals surface area (Å²) in [6.45, 7) is 3.87. The van der Waals surface area contributed by atoms with E-state index in [1.165, 1.54) is 17.8 Å². The number of thioether (sulfide) groups is 1. The van der Waals surface area contributed by atoms with E-state index in [9.17, 15) is 9.18 Å². The molecule has 2 heterocycles. The van der Waals surface area contributed by atoms with E-state index in [0.29, 0.717) is 25.1 Å². The second-order valence-corrected chi connectivity index (χ2v) is 8.80. The molecule has 142 valence electrons. The predicted octanol–water partition coefficient (Wildman–Crippen LogP) is 5.45. The summed E-state index contributed by atoms with van der Waals surface area (Å²) in [6, 6.07) is 12.5. The van der Waals surface area contributed by atoms with Gasteiger partial charge in [-0.3, -0.25) is 13.9 Å². The summed E-state index contributed by atoms with van der Waals surface area (Å²) in [4.78, 5) is 18.0. The largest absolute Gasteiger partial charge is 0.278 e. The van der Waals surface area contributed by atoms with Crippen molar-refractivity contribution < 1.29 is 4.39 Å². The highest BCUT2D eigenvalue weighted by atomic mass is 32.2. The maximum absolute atomic E-state index is 14.5. The number of nitrogens with zero attached hydrogens (tertiary/aromatic N) is 3. The van der Waals surface area contributed by atoms with Crippen LogP contribution in [0.15, 0.2) is 52.4 Å². The highest BCUT2D eigenvalue weighted by Crippen LogP contribution is 2.28. The monoisotopic (exact) mass is 429 g/mol. The minimum atomic E-state index is -0.406. The Morgan fingerprint density at radius 3 is 2.43 bits per heavy atom. The van der Waals surface area contributed by atoms with E-state index < -0.39 is 5.82 Å². The molecular weight excluding hydrogens is 413 g/mol. The fraction of sp³-hybridized carbons (Fsp3) is 0.150. The van der Waals surface area contributed by atoms with Crippen molar-refractivity contribution >= 4 is 45.7 Å². The van der Waals surface area contributed by atoms with Crippen LogP contribution in [0.25, 0.3) is 21.7 Å². The van der Waals surface area contributed by atoms with Gasteiger partial charge in [-0.05, 0) is 62.2 Å². The molecule has 0 fully saturated rings. The molecule has 28 heavy (non-hydrogen) atoms. The first-order valence-corrected chi connectivity index (χ1v) is 10.9. The zero-order valence-corrected chi connectivity index (χ0v) is 17.8. The van der Waals surface area contributed by atoms with Crippen LogP contribution in [0.3, 0.4) is 0 Å². The van der Waals surface area contributed by atoms with Gasteiger partial charge in [-0.2, -0.15) is 0 Å². The molecule has 4 aromatic rings. The van der Waals surface area contributed by atoms with Gasteiger partial charge in [-0.1, -0.05) is 46.9 Å². The molecule has 0 atom stereocenters. The molecular formula is C20H16FN3OS3. The van der Waals surface area contributed by atoms with Crippen LogP contribution in [0.2, 0.25) is 0 Å². The summed E-state index contributed by atoms with van der Waals surface area (Å²) in [5.41, 5.74) is 3.23. The lowest BCUT2D eigenvalue weighted by Crippen LogP contribution is -2.21. The van der Waals surface area contributed by atoms with Gasteiger partial charge in [-0.15, -0.1) is 0 Å². The molecule has 0 amide bonds. The molecule has 0 aliphatic heterocycles. The van der Waals surface area contributed by atoms with Crippen molar-refractivity contribution in [2.24, 2.45) is 0 Å². The van der Waals surface area contributed by atoms with Crippen LogP contribution in [0, 0.1) is 23.6 Å². The summed E-state index contributed by atoms with van der Waals surface area (Å²) >= 11 is 7.99. The number of hydrogen-bond acceptors (Lipinski definition) is 5. The number of rotatable bonds is 3. The summed E-state index contributed by atoms with van der Waals surface area (Å²) < 4.78 is 18.5. The molecule has 0 unspecified atom stereocenters. The van der Waals surface area contributed by atoms with Gasteiger partial charge in [0, 0.05) is 0 Å². The molecule has 0 radical (unpaired) electrons. The maximum atomic E-state index is 14.5. The van der Waals surface area contributed by atoms with Gasteiger partial charge in [0.1, 0.15) is 10.5 Å². The Hall–Kier alpha value is -2.29. The van der Waals surface area contributed by atoms with Gasteiger partial charge < -0.3 is 0 Å². The second kappa shape index (κ2) is 7.27. The second-order valence-electron chi connectivity index (χ2n) is 6.39. The molecule has 2 aromatic heterocycles. The molecule has 0 N–H and O–H groups in total. The van der Waals surface area contributed by atoms with Gasteiger partial charge in [-0.25, -0.2) is 9.37 Å². The highest BCUT2D eigenvalue weighted by molar-refractivity contribution is 7.98. The van der Waals surface area contributed by atoms with Crippen molar-refractivity contribution in [3.63, 3.8) is 0 Å². The van der Waals surface area contributed by atoms with Crippen LogP contribution in [0.4, 0.5) is 4.39 Å². The highest BCUT2D eigenvalue weighted by Gasteiger charge is 2.19. The normalized spacial score (nSPS) is 11.3. The van der Waals surface area contributed by atoms with E-state index in [4.69, 9.17) is 12.2 Å². The van der Waals surface area contributed by atoms with Crippen molar-refractivity contribution in [1.29, 1.82) is 0 Å². The molecule has 0 bridgehead atoms. The summed E-state index contributed by atoms with van der Waals surface area (Å²) in [5.74, 6) is -0.406. The standard InChI is InChI=1S/C20H16FN3OS3/c1-11-4-7-13(8-5-11)23-18(25)16-17(22-19(23)27-3)24(20(26)28-16)15-10-12(2)6-9-14(15)21/h4-10H,1-3H3. The van der Waals surface area contributed by atoms with Crippen molar-refractivity contribution in [1.82, 2.24) is 14.1 Å². The number of fused-ring (bicyclic) bond motifs is 1. The van der Waals surface area contributed by atoms with Crippen molar-refractivity contribution in [2.45, 2.75) is 19.0 Å². The summed E-state index contributed by atoms with van der Waals surface area (Å²) in [6.07, 6.45) is 1.86. The van der Waals surface area contributed by atoms with Crippen LogP contribution in [-0.2, 0) is 0 Å². The Balaban J connectivity index is 2.08. The van der Waals surface area contributed by atoms with E-state index in [1.54, 1.807) is 21.3 Å². The molecule has 0 aliphatic rings. The van der Waals surface area contributed by atoms with Crippen LogP contribution in [0.1, 0.15) is 11.1 Å². The van der Waals surface area contributed by atoms with Crippen molar-refractivity contribution in [3.8, 4) is 11.4 Å². The third-order valence-electron chi connectivity index (χ3n) is 4.39. The average Bonchev–Trinajstić information content (AvgIpc) is 3.01. The number of hydrogen-bond donors (Lipinski definition) is 0. The molecule has 0 saturated carbocycles. The number of benzene rings is 2. The van der Waals surface area contributed by atoms with Gasteiger partial charge >= 0.3 is 0 Å². The fourth-order valence-electron chi connectivity index (χ4n) is 3.00. The number of thiazole rings is 1. The smallest absolute Gasteiger partial charge is 0.272 e. The van der Waals surface area contributed by atoms with Gasteiger partial charge in [0.25, 0.3) is 5.56 Å². The van der Waals surface area contributed by atoms with Crippen LogP contribution in [-0.4, -0.2) is 20.4 Å². The predicted molar refractivity (Wildman–Crippen MR) is 117 cm³/mol. The quantitative estimate of drug-likeness (QED) is 0.247. The van der Waals surface area contributed by atoms with Gasteiger partial charge in [0.15, 0.2) is 14.8 Å². The number of halogens is 1. The molecule has 2 aromatic carbocycles. The first kappa shape index (κ1) is 19.0. The Labute approximate surface area is 174 Å². The molecule has 0 aliphatic carbocycles. The fourth-order valence-corrected chi connectivity index (χ4v) is 4.84. The minimum absolute atomic E-state index is 0.207. The molecule has 4 rings (SSSR count). The lowest BCUT2D eigenvalue weighted by molar-refractivity contribution is 0.618. The zero-order chi connectivity index (χ0) is 20.0. The Bertz CT molecular complexity index is 1320. The van der Waals surface area contributed by atoms with Crippen molar-refractivity contribution in [3.05, 3.63) is 73.7 Å². The van der Waals surface area contributed by atoms with E-state index in [-0.39, 0.29) is 5.56 Å². The number of aryl methyl sites for hydroxylation is 2. The topological polar surface area (TPSA) is 39.8 Å². The average molecular weight is 430 g/mol. The van der Waals surface area contributed by atoms with Crippen molar-refractivity contribution in [2.75, 3.05) is 6.26 Å². The van der Waals surface area contributed by atoms with E-state index >= 15 is 0 Å². The molecule has 0 spiro atoms. The Morgan fingerprint density at radius 1 is 1.07 bits per heavy atom. The lowest BCUT2D eigenvalue weighted by Gasteiger charge is -2.12. The number of aromatic nitrogens is 3. The van der Waals surface area contributed by atoms with E-state index in [0.717, 1.165) is 28.2 Å². The SMILES string of the molecule is CSc1nc2c(sc(=S)n2-c2cc(C)ccc2F)c(=O)n1-c1ccc(C)cc1. The lowest BCUT2D eigenvalue weighted by atomic mass is 10.2. The minimum Gasteiger partial charge on any atom is -0.272 e. The van der Waals surface area contributed by atoms with E-state index in [2.05, 4.69) is 4.98 Å². The zero-order valence-electron chi connectivity index (χ0n) is 15.4. The first-order chi connectivity index (χ1) is 13.4. The third kappa shape index (κ3) is 3.11. The third-order valence-corrected chi connectivity index (χ3v) is 6.38. The first-order valence-electron chi connectivity index (χ1n) is 8.47. The van der Waals surface area contributed by atoms with Crippen LogP contribution >= 0.6 is 35.3 Å². The van der Waals surface area contributed by atoms with Crippen LogP contribution in [0.5, 0.6) is 0 Å².